The number of aromatic hydroxyl groups is 1. The molecule has 150 valence electrons. The Morgan fingerprint density at radius 3 is 2.18 bits per heavy atom. The number of hydrogen-bond acceptors (Lipinski definition) is 5. The molecule has 0 saturated carbocycles. The van der Waals surface area contributed by atoms with Crippen molar-refractivity contribution in [2.45, 2.75) is 51.9 Å². The van der Waals surface area contributed by atoms with E-state index >= 15 is 0 Å². The molecule has 0 amide bonds. The van der Waals surface area contributed by atoms with Crippen molar-refractivity contribution in [1.82, 2.24) is 0 Å². The largest absolute Gasteiger partial charge is 0.508 e. The summed E-state index contributed by atoms with van der Waals surface area (Å²) in [5, 5.41) is 9.31. The van der Waals surface area contributed by atoms with Crippen molar-refractivity contribution in [2.24, 2.45) is 0 Å². The highest BCUT2D eigenvalue weighted by Crippen LogP contribution is 2.21. The van der Waals surface area contributed by atoms with Crippen molar-refractivity contribution in [3.8, 4) is 11.5 Å². The van der Waals surface area contributed by atoms with E-state index in [4.69, 9.17) is 9.47 Å². The average Bonchev–Trinajstić information content (AvgIpc) is 2.70. The van der Waals surface area contributed by atoms with Crippen molar-refractivity contribution < 1.29 is 24.2 Å². The lowest BCUT2D eigenvalue weighted by Crippen LogP contribution is -2.13. The number of ether oxygens (including phenoxy) is 2. The molecule has 0 saturated heterocycles. The molecule has 2 rings (SSSR count). The summed E-state index contributed by atoms with van der Waals surface area (Å²) in [5.74, 6) is -0.886. The lowest BCUT2D eigenvalue weighted by molar-refractivity contribution is 0.0492. The van der Waals surface area contributed by atoms with Gasteiger partial charge >= 0.3 is 11.9 Å². The van der Waals surface area contributed by atoms with Gasteiger partial charge in [-0.1, -0.05) is 57.6 Å². The monoisotopic (exact) mass is 384 g/mol. The van der Waals surface area contributed by atoms with Gasteiger partial charge in [0, 0.05) is 0 Å². The van der Waals surface area contributed by atoms with E-state index in [0.29, 0.717) is 6.61 Å². The van der Waals surface area contributed by atoms with Crippen LogP contribution in [0.15, 0.2) is 48.5 Å². The number of hydrogen-bond donors (Lipinski definition) is 1. The van der Waals surface area contributed by atoms with Gasteiger partial charge in [-0.05, 0) is 42.8 Å². The molecular formula is C23H28O5. The summed E-state index contributed by atoms with van der Waals surface area (Å²) in [6, 6.07) is 12.2. The summed E-state index contributed by atoms with van der Waals surface area (Å²) in [5.41, 5.74) is 0.501. The molecule has 2 aromatic carbocycles. The van der Waals surface area contributed by atoms with Gasteiger partial charge in [0.05, 0.1) is 12.2 Å². The Kier molecular flexibility index (Phi) is 9.05. The molecule has 0 radical (unpaired) electrons. The van der Waals surface area contributed by atoms with Crippen LogP contribution in [0.25, 0.3) is 0 Å². The van der Waals surface area contributed by atoms with E-state index in [9.17, 15) is 14.7 Å². The van der Waals surface area contributed by atoms with Crippen LogP contribution >= 0.6 is 0 Å². The van der Waals surface area contributed by atoms with Crippen molar-refractivity contribution in [1.29, 1.82) is 0 Å². The molecule has 5 heteroatoms. The van der Waals surface area contributed by atoms with E-state index in [-0.39, 0.29) is 22.6 Å². The van der Waals surface area contributed by atoms with Crippen LogP contribution < -0.4 is 4.74 Å². The van der Waals surface area contributed by atoms with E-state index in [0.717, 1.165) is 19.3 Å². The SMILES string of the molecule is CCCCCCCCCOC(=O)c1ccccc1OC(=O)c1ccc(O)cc1. The fraction of sp³-hybridized carbons (Fsp3) is 0.391. The van der Waals surface area contributed by atoms with Gasteiger partial charge in [-0.25, -0.2) is 9.59 Å². The molecule has 0 aliphatic heterocycles. The first-order valence-corrected chi connectivity index (χ1v) is 9.89. The van der Waals surface area contributed by atoms with Crippen LogP contribution in [-0.4, -0.2) is 23.7 Å². The Hall–Kier alpha value is -2.82. The highest BCUT2D eigenvalue weighted by Gasteiger charge is 2.17. The Balaban J connectivity index is 1.84. The lowest BCUT2D eigenvalue weighted by atomic mass is 10.1. The van der Waals surface area contributed by atoms with E-state index in [1.807, 2.05) is 0 Å². The maximum atomic E-state index is 12.4. The molecule has 0 aliphatic rings. The maximum Gasteiger partial charge on any atom is 0.343 e. The summed E-state index contributed by atoms with van der Waals surface area (Å²) >= 11 is 0. The van der Waals surface area contributed by atoms with E-state index < -0.39 is 11.9 Å². The van der Waals surface area contributed by atoms with Gasteiger partial charge in [0.1, 0.15) is 17.1 Å². The van der Waals surface area contributed by atoms with E-state index in [2.05, 4.69) is 6.92 Å². The molecule has 2 aromatic rings. The van der Waals surface area contributed by atoms with Crippen LogP contribution in [0.3, 0.4) is 0 Å². The summed E-state index contributed by atoms with van der Waals surface area (Å²) < 4.78 is 10.7. The highest BCUT2D eigenvalue weighted by atomic mass is 16.5. The number of rotatable bonds is 11. The minimum Gasteiger partial charge on any atom is -0.508 e. The number of carbonyl (C=O) groups excluding carboxylic acids is 2. The predicted octanol–water partition coefficient (Wildman–Crippen LogP) is 5.52. The zero-order chi connectivity index (χ0) is 20.2. The standard InChI is InChI=1S/C23H28O5/c1-2-3-4-5-6-7-10-17-27-23(26)20-11-8-9-12-21(20)28-22(25)18-13-15-19(24)16-14-18/h8-9,11-16,24H,2-7,10,17H2,1H3. The van der Waals surface area contributed by atoms with Crippen LogP contribution in [0.5, 0.6) is 11.5 Å². The minimum absolute atomic E-state index is 0.0610. The second-order valence-corrected chi connectivity index (χ2v) is 6.69. The van der Waals surface area contributed by atoms with Crippen LogP contribution in [0.4, 0.5) is 0 Å². The Morgan fingerprint density at radius 1 is 0.821 bits per heavy atom. The third-order valence-electron chi connectivity index (χ3n) is 4.39. The molecule has 0 unspecified atom stereocenters. The molecule has 0 spiro atoms. The van der Waals surface area contributed by atoms with Crippen molar-refractivity contribution >= 4 is 11.9 Å². The number of phenolic OH excluding ortho intramolecular Hbond substituents is 1. The van der Waals surface area contributed by atoms with Gasteiger partial charge in [0.25, 0.3) is 0 Å². The average molecular weight is 384 g/mol. The van der Waals surface area contributed by atoms with Gasteiger partial charge in [-0.3, -0.25) is 0 Å². The fourth-order valence-electron chi connectivity index (χ4n) is 2.78. The lowest BCUT2D eigenvalue weighted by Gasteiger charge is -2.10. The summed E-state index contributed by atoms with van der Waals surface area (Å²) in [4.78, 5) is 24.6. The molecule has 0 heterocycles. The van der Waals surface area contributed by atoms with Gasteiger partial charge in [-0.2, -0.15) is 0 Å². The zero-order valence-electron chi connectivity index (χ0n) is 16.4. The predicted molar refractivity (Wildman–Crippen MR) is 108 cm³/mol. The second kappa shape index (κ2) is 11.8. The number of phenols is 1. The summed E-state index contributed by atoms with van der Waals surface area (Å²) in [6.45, 7) is 2.55. The fourth-order valence-corrected chi connectivity index (χ4v) is 2.78. The van der Waals surface area contributed by atoms with E-state index in [1.54, 1.807) is 24.3 Å². The van der Waals surface area contributed by atoms with Crippen LogP contribution in [0.2, 0.25) is 0 Å². The zero-order valence-corrected chi connectivity index (χ0v) is 16.4. The van der Waals surface area contributed by atoms with Crippen molar-refractivity contribution in [2.75, 3.05) is 6.61 Å². The van der Waals surface area contributed by atoms with Crippen LogP contribution in [0.1, 0.15) is 72.6 Å². The first-order chi connectivity index (χ1) is 13.6. The maximum absolute atomic E-state index is 12.4. The highest BCUT2D eigenvalue weighted by molar-refractivity contribution is 5.96. The molecule has 28 heavy (non-hydrogen) atoms. The quantitative estimate of drug-likeness (QED) is 0.314. The first kappa shape index (κ1) is 21.5. The second-order valence-electron chi connectivity index (χ2n) is 6.69. The van der Waals surface area contributed by atoms with Gasteiger partial charge < -0.3 is 14.6 Å². The molecule has 5 nitrogen and oxygen atoms in total. The van der Waals surface area contributed by atoms with Gasteiger partial charge in [0.15, 0.2) is 0 Å². The molecular weight excluding hydrogens is 356 g/mol. The molecule has 1 N–H and O–H groups in total. The van der Waals surface area contributed by atoms with Gasteiger partial charge in [-0.15, -0.1) is 0 Å². The molecule has 0 aliphatic carbocycles. The number of carbonyl (C=O) groups is 2. The number of esters is 2. The molecule has 0 bridgehead atoms. The molecule has 0 aromatic heterocycles. The van der Waals surface area contributed by atoms with Crippen LogP contribution in [0, 0.1) is 0 Å². The Morgan fingerprint density at radius 2 is 1.46 bits per heavy atom. The van der Waals surface area contributed by atoms with Crippen molar-refractivity contribution in [3.05, 3.63) is 59.7 Å². The molecule has 0 atom stereocenters. The number of para-hydroxylation sites is 1. The normalized spacial score (nSPS) is 10.5. The van der Waals surface area contributed by atoms with E-state index in [1.165, 1.54) is 49.9 Å². The molecule has 0 fully saturated rings. The number of unbranched alkanes of at least 4 members (excludes halogenated alkanes) is 6. The van der Waals surface area contributed by atoms with Crippen molar-refractivity contribution in [3.63, 3.8) is 0 Å². The third kappa shape index (κ3) is 7.06. The topological polar surface area (TPSA) is 72.8 Å². The summed E-state index contributed by atoms with van der Waals surface area (Å²) in [7, 11) is 0. The number of benzene rings is 2. The summed E-state index contributed by atoms with van der Waals surface area (Å²) in [6.07, 6.45) is 8.00. The minimum atomic E-state index is -0.604. The van der Waals surface area contributed by atoms with Crippen LogP contribution in [-0.2, 0) is 4.74 Å². The van der Waals surface area contributed by atoms with Gasteiger partial charge in [0.2, 0.25) is 0 Å². The smallest absolute Gasteiger partial charge is 0.343 e. The Labute approximate surface area is 166 Å². The first-order valence-electron chi connectivity index (χ1n) is 9.89. The Bertz CT molecular complexity index is 752. The third-order valence-corrected chi connectivity index (χ3v) is 4.39.